The van der Waals surface area contributed by atoms with Crippen molar-refractivity contribution in [3.8, 4) is 0 Å². The van der Waals surface area contributed by atoms with Crippen molar-refractivity contribution < 1.29 is 31.4 Å². The fraction of sp³-hybridized carbons (Fsp3) is 0.933. The van der Waals surface area contributed by atoms with Crippen LogP contribution in [0.3, 0.4) is 0 Å². The molecule has 0 amide bonds. The molecule has 4 heteroatoms. The maximum absolute atomic E-state index is 10.3. The molecular formula is C15H31INO2-. The van der Waals surface area contributed by atoms with Crippen molar-refractivity contribution >= 4 is 5.97 Å². The van der Waals surface area contributed by atoms with E-state index in [1.165, 1.54) is 68.6 Å². The van der Waals surface area contributed by atoms with E-state index in [9.17, 15) is 4.79 Å². The molecule has 0 aliphatic heterocycles. The Labute approximate surface area is 129 Å². The van der Waals surface area contributed by atoms with Crippen LogP contribution in [0.5, 0.6) is 0 Å². The van der Waals surface area contributed by atoms with Gasteiger partial charge in [0.1, 0.15) is 0 Å². The van der Waals surface area contributed by atoms with Gasteiger partial charge in [-0.2, -0.15) is 0 Å². The van der Waals surface area contributed by atoms with Crippen molar-refractivity contribution in [1.29, 1.82) is 0 Å². The summed E-state index contributed by atoms with van der Waals surface area (Å²) in [5.41, 5.74) is 0. The zero-order valence-electron chi connectivity index (χ0n) is 12.2. The van der Waals surface area contributed by atoms with E-state index < -0.39 is 5.97 Å². The third-order valence-electron chi connectivity index (χ3n) is 3.38. The first-order valence-corrected chi connectivity index (χ1v) is 10.5. The Hall–Kier alpha value is 0.160. The van der Waals surface area contributed by atoms with Gasteiger partial charge in [-0.15, -0.1) is 0 Å². The Morgan fingerprint density at radius 1 is 0.737 bits per heavy atom. The Kier molecular flexibility index (Phi) is 16.4. The Morgan fingerprint density at radius 3 is 1.47 bits per heavy atom. The minimum absolute atomic E-state index is 0.0296. The minimum Gasteiger partial charge on any atom is -0.481 e. The molecule has 0 fully saturated rings. The standard InChI is InChI=1S/C15H31INO2/c17-16-14-12-10-8-6-4-2-1-3-5-7-9-11-13-15(18)19/h1-14,17H2,(H,18,19)/q-1. The van der Waals surface area contributed by atoms with Gasteiger partial charge in [0.05, 0.1) is 0 Å². The summed E-state index contributed by atoms with van der Waals surface area (Å²) in [5.74, 6) is -0.659. The number of hydrogen-bond acceptors (Lipinski definition) is 2. The van der Waals surface area contributed by atoms with E-state index >= 15 is 0 Å². The van der Waals surface area contributed by atoms with Crippen molar-refractivity contribution in [2.75, 3.05) is 4.43 Å². The fourth-order valence-corrected chi connectivity index (χ4v) is 3.20. The van der Waals surface area contributed by atoms with E-state index in [0.717, 1.165) is 12.8 Å². The number of rotatable bonds is 15. The van der Waals surface area contributed by atoms with Crippen molar-refractivity contribution in [2.45, 2.75) is 83.5 Å². The Bertz CT molecular complexity index is 201. The van der Waals surface area contributed by atoms with Gasteiger partial charge in [0.15, 0.2) is 0 Å². The van der Waals surface area contributed by atoms with Gasteiger partial charge in [0, 0.05) is 6.42 Å². The van der Waals surface area contributed by atoms with Crippen molar-refractivity contribution in [2.24, 2.45) is 3.95 Å². The van der Waals surface area contributed by atoms with Crippen LogP contribution in [0.15, 0.2) is 0 Å². The van der Waals surface area contributed by atoms with Gasteiger partial charge in [0.25, 0.3) is 0 Å². The molecule has 0 aromatic carbocycles. The minimum atomic E-state index is -0.659. The molecule has 19 heavy (non-hydrogen) atoms. The summed E-state index contributed by atoms with van der Waals surface area (Å²) in [6.07, 6.45) is 15.7. The third kappa shape index (κ3) is 18.2. The molecule has 0 unspecified atom stereocenters. The van der Waals surface area contributed by atoms with Crippen LogP contribution in [0.4, 0.5) is 0 Å². The van der Waals surface area contributed by atoms with Gasteiger partial charge in [-0.1, -0.05) is 0 Å². The number of alkyl halides is 1. The molecule has 3 N–H and O–H groups in total. The average Bonchev–Trinajstić information content (AvgIpc) is 2.39. The molecule has 0 spiro atoms. The summed E-state index contributed by atoms with van der Waals surface area (Å²) in [7, 11) is 0. The Balaban J connectivity index is 2.93. The van der Waals surface area contributed by atoms with E-state index in [-0.39, 0.29) is 21.5 Å². The molecular weight excluding hydrogens is 353 g/mol. The fourth-order valence-electron chi connectivity index (χ4n) is 2.22. The summed E-state index contributed by atoms with van der Waals surface area (Å²) < 4.78 is 6.86. The maximum atomic E-state index is 10.3. The van der Waals surface area contributed by atoms with Gasteiger partial charge in [0.2, 0.25) is 0 Å². The molecule has 0 aliphatic rings. The van der Waals surface area contributed by atoms with E-state index in [1.54, 1.807) is 0 Å². The summed E-state index contributed by atoms with van der Waals surface area (Å²) in [6.45, 7) is 0. The molecule has 0 heterocycles. The first kappa shape index (κ1) is 19.2. The monoisotopic (exact) mass is 384 g/mol. The van der Waals surface area contributed by atoms with Crippen LogP contribution in [-0.4, -0.2) is 15.5 Å². The smallest absolute Gasteiger partial charge is 0.481 e. The molecule has 0 saturated heterocycles. The number of hydrogen-bond donors (Lipinski definition) is 2. The second-order valence-electron chi connectivity index (χ2n) is 5.23. The molecule has 0 saturated carbocycles. The molecule has 0 aromatic rings. The average molecular weight is 384 g/mol. The van der Waals surface area contributed by atoms with Crippen molar-refractivity contribution in [3.63, 3.8) is 0 Å². The SMILES string of the molecule is N[I-]CCCCCCCCCCCCCCC(=O)O. The second-order valence-corrected chi connectivity index (χ2v) is 7.19. The number of halogens is 1. The summed E-state index contributed by atoms with van der Waals surface area (Å²) in [4.78, 5) is 10.3. The van der Waals surface area contributed by atoms with Crippen molar-refractivity contribution in [1.82, 2.24) is 0 Å². The van der Waals surface area contributed by atoms with Crippen LogP contribution in [-0.2, 0) is 4.79 Å². The van der Waals surface area contributed by atoms with Crippen LogP contribution in [0, 0.1) is 0 Å². The number of nitrogens with two attached hydrogens (primary N) is 1. The first-order chi connectivity index (χ1) is 9.27. The second kappa shape index (κ2) is 16.2. The van der Waals surface area contributed by atoms with Gasteiger partial charge in [-0.3, -0.25) is 4.79 Å². The molecule has 0 atom stereocenters. The van der Waals surface area contributed by atoms with Crippen LogP contribution >= 0.6 is 0 Å². The normalized spacial score (nSPS) is 11.0. The first-order valence-electron chi connectivity index (χ1n) is 7.77. The van der Waals surface area contributed by atoms with Gasteiger partial charge in [-0.05, 0) is 6.42 Å². The topological polar surface area (TPSA) is 63.3 Å². The molecule has 0 aliphatic carbocycles. The molecule has 0 rings (SSSR count). The van der Waals surface area contributed by atoms with Crippen molar-refractivity contribution in [3.05, 3.63) is 0 Å². The van der Waals surface area contributed by atoms with Crippen LogP contribution in [0.2, 0.25) is 0 Å². The number of carbonyl (C=O) groups is 1. The molecule has 0 bridgehead atoms. The third-order valence-corrected chi connectivity index (χ3v) is 4.77. The molecule has 116 valence electrons. The van der Waals surface area contributed by atoms with Crippen LogP contribution < -0.4 is 25.4 Å². The van der Waals surface area contributed by atoms with Gasteiger partial charge < -0.3 is 5.11 Å². The molecule has 0 aromatic heterocycles. The number of carboxylic acids is 1. The predicted molar refractivity (Wildman–Crippen MR) is 76.7 cm³/mol. The van der Waals surface area contributed by atoms with Gasteiger partial charge in [-0.25, -0.2) is 0 Å². The zero-order valence-corrected chi connectivity index (χ0v) is 14.4. The van der Waals surface area contributed by atoms with Crippen LogP contribution in [0.25, 0.3) is 0 Å². The quantitative estimate of drug-likeness (QED) is 0.192. The van der Waals surface area contributed by atoms with E-state index in [4.69, 9.17) is 9.05 Å². The Morgan fingerprint density at radius 2 is 1.11 bits per heavy atom. The number of carboxylic acid groups (broad SMARTS) is 1. The van der Waals surface area contributed by atoms with E-state index in [0.29, 0.717) is 6.42 Å². The van der Waals surface area contributed by atoms with Crippen LogP contribution in [0.1, 0.15) is 83.5 Å². The number of aliphatic carboxylic acids is 1. The molecule has 3 nitrogen and oxygen atoms in total. The zero-order chi connectivity index (χ0) is 14.2. The summed E-state index contributed by atoms with van der Waals surface area (Å²) >= 11 is 0.0296. The van der Waals surface area contributed by atoms with E-state index in [1.807, 2.05) is 0 Å². The predicted octanol–water partition coefficient (Wildman–Crippen LogP) is 1.10. The van der Waals surface area contributed by atoms with Gasteiger partial charge >= 0.3 is 106 Å². The summed E-state index contributed by atoms with van der Waals surface area (Å²) in [6, 6.07) is 0. The summed E-state index contributed by atoms with van der Waals surface area (Å²) in [5, 5.41) is 8.50. The van der Waals surface area contributed by atoms with E-state index in [2.05, 4.69) is 0 Å². The number of unbranched alkanes of at least 4 members (excludes halogenated alkanes) is 11. The molecule has 0 radical (unpaired) electrons.